The van der Waals surface area contributed by atoms with Crippen LogP contribution in [0.15, 0.2) is 53.0 Å². The first kappa shape index (κ1) is 14.1. The molecule has 2 aromatic rings. The Bertz CT molecular complexity index is 519. The van der Waals surface area contributed by atoms with Crippen molar-refractivity contribution in [3.05, 3.63) is 64.1 Å². The quantitative estimate of drug-likeness (QED) is 0.855. The summed E-state index contributed by atoms with van der Waals surface area (Å²) in [5, 5.41) is 0. The largest absolute Gasteiger partial charge is 0.399 e. The molecule has 19 heavy (non-hydrogen) atoms. The number of nitrogens with zero attached hydrogens (tertiary/aromatic N) is 1. The van der Waals surface area contributed by atoms with Gasteiger partial charge in [0.1, 0.15) is 0 Å². The normalized spacial score (nSPS) is 12.6. The summed E-state index contributed by atoms with van der Waals surface area (Å²) in [5.41, 5.74) is 9.13. The summed E-state index contributed by atoms with van der Waals surface area (Å²) in [7, 11) is 2.14. The highest BCUT2D eigenvalue weighted by Gasteiger charge is 2.11. The van der Waals surface area contributed by atoms with E-state index in [-0.39, 0.29) is 0 Å². The van der Waals surface area contributed by atoms with Gasteiger partial charge in [0, 0.05) is 22.7 Å². The number of hydrogen-bond donors (Lipinski definition) is 1. The van der Waals surface area contributed by atoms with Crippen LogP contribution in [-0.4, -0.2) is 11.9 Å². The van der Waals surface area contributed by atoms with Crippen LogP contribution in [0.3, 0.4) is 0 Å². The van der Waals surface area contributed by atoms with Crippen LogP contribution in [0, 0.1) is 0 Å². The van der Waals surface area contributed by atoms with Gasteiger partial charge < -0.3 is 5.73 Å². The molecule has 0 bridgehead atoms. The topological polar surface area (TPSA) is 29.3 Å². The minimum absolute atomic E-state index is 0.365. The van der Waals surface area contributed by atoms with Crippen LogP contribution in [-0.2, 0) is 6.54 Å². The Kier molecular flexibility index (Phi) is 4.61. The molecule has 2 nitrogen and oxygen atoms in total. The Hall–Kier alpha value is -1.32. The molecule has 0 amide bonds. The summed E-state index contributed by atoms with van der Waals surface area (Å²) in [5.74, 6) is 0. The molecule has 0 aromatic heterocycles. The summed E-state index contributed by atoms with van der Waals surface area (Å²) in [4.78, 5) is 2.33. The van der Waals surface area contributed by atoms with Gasteiger partial charge in [-0.15, -0.1) is 0 Å². The van der Waals surface area contributed by atoms with E-state index in [0.717, 1.165) is 16.7 Å². The summed E-state index contributed by atoms with van der Waals surface area (Å²) >= 11 is 3.46. The zero-order valence-electron chi connectivity index (χ0n) is 11.3. The van der Waals surface area contributed by atoms with E-state index < -0.39 is 0 Å². The van der Waals surface area contributed by atoms with E-state index in [1.54, 1.807) is 0 Å². The highest BCUT2D eigenvalue weighted by atomic mass is 79.9. The molecule has 100 valence electrons. The number of nitrogen functional groups attached to an aromatic ring is 1. The van der Waals surface area contributed by atoms with Crippen molar-refractivity contribution >= 4 is 21.6 Å². The Morgan fingerprint density at radius 2 is 1.63 bits per heavy atom. The van der Waals surface area contributed by atoms with Crippen LogP contribution in [0.4, 0.5) is 5.69 Å². The van der Waals surface area contributed by atoms with Crippen LogP contribution >= 0.6 is 15.9 Å². The molecule has 2 N–H and O–H groups in total. The van der Waals surface area contributed by atoms with E-state index in [9.17, 15) is 0 Å². The molecule has 3 heteroatoms. The molecule has 2 aromatic carbocycles. The lowest BCUT2D eigenvalue weighted by atomic mass is 10.1. The lowest BCUT2D eigenvalue weighted by Crippen LogP contribution is -2.21. The number of rotatable bonds is 4. The lowest BCUT2D eigenvalue weighted by Gasteiger charge is -2.25. The van der Waals surface area contributed by atoms with E-state index in [1.807, 2.05) is 12.1 Å². The van der Waals surface area contributed by atoms with Crippen LogP contribution in [0.1, 0.15) is 24.1 Å². The zero-order valence-corrected chi connectivity index (χ0v) is 12.9. The van der Waals surface area contributed by atoms with E-state index >= 15 is 0 Å². The van der Waals surface area contributed by atoms with Gasteiger partial charge in [0.25, 0.3) is 0 Å². The zero-order chi connectivity index (χ0) is 13.8. The molecule has 0 saturated carbocycles. The van der Waals surface area contributed by atoms with Gasteiger partial charge >= 0.3 is 0 Å². The number of halogens is 1. The molecule has 0 aliphatic rings. The molecule has 0 aliphatic carbocycles. The molecule has 0 spiro atoms. The molecule has 1 unspecified atom stereocenters. The maximum atomic E-state index is 5.72. The third-order valence-corrected chi connectivity index (χ3v) is 3.95. The molecular weight excluding hydrogens is 300 g/mol. The molecule has 0 fully saturated rings. The lowest BCUT2D eigenvalue weighted by molar-refractivity contribution is 0.253. The number of hydrogen-bond acceptors (Lipinski definition) is 2. The van der Waals surface area contributed by atoms with Gasteiger partial charge in [-0.3, -0.25) is 4.90 Å². The van der Waals surface area contributed by atoms with Crippen LogP contribution in [0.5, 0.6) is 0 Å². The minimum atomic E-state index is 0.365. The van der Waals surface area contributed by atoms with Gasteiger partial charge in [-0.25, -0.2) is 0 Å². The third-order valence-electron chi connectivity index (χ3n) is 3.43. The average molecular weight is 319 g/mol. The standard InChI is InChI=1S/C16H19BrN2/c1-12(14-5-9-16(18)10-6-14)19(2)11-13-3-7-15(17)8-4-13/h3-10,12H,11,18H2,1-2H3. The summed E-state index contributed by atoms with van der Waals surface area (Å²) in [6, 6.07) is 16.9. The van der Waals surface area contributed by atoms with E-state index in [2.05, 4.69) is 71.2 Å². The second-order valence-electron chi connectivity index (χ2n) is 4.88. The first-order chi connectivity index (χ1) is 9.06. The van der Waals surface area contributed by atoms with E-state index in [1.165, 1.54) is 11.1 Å². The van der Waals surface area contributed by atoms with Gasteiger partial charge in [-0.2, -0.15) is 0 Å². The maximum Gasteiger partial charge on any atom is 0.0320 e. The van der Waals surface area contributed by atoms with E-state index in [0.29, 0.717) is 6.04 Å². The first-order valence-corrected chi connectivity index (χ1v) is 7.15. The van der Waals surface area contributed by atoms with Crippen molar-refractivity contribution in [3.8, 4) is 0 Å². The minimum Gasteiger partial charge on any atom is -0.399 e. The van der Waals surface area contributed by atoms with Crippen LogP contribution < -0.4 is 5.73 Å². The Balaban J connectivity index is 2.04. The Morgan fingerprint density at radius 1 is 1.05 bits per heavy atom. The SMILES string of the molecule is CC(c1ccc(N)cc1)N(C)Cc1ccc(Br)cc1. The Labute approximate surface area is 123 Å². The van der Waals surface area contributed by atoms with Crippen molar-refractivity contribution in [2.45, 2.75) is 19.5 Å². The van der Waals surface area contributed by atoms with Gasteiger partial charge in [0.15, 0.2) is 0 Å². The Morgan fingerprint density at radius 3 is 2.21 bits per heavy atom. The van der Waals surface area contributed by atoms with Gasteiger partial charge in [-0.1, -0.05) is 40.2 Å². The maximum absolute atomic E-state index is 5.72. The second kappa shape index (κ2) is 6.22. The summed E-state index contributed by atoms with van der Waals surface area (Å²) in [6.07, 6.45) is 0. The van der Waals surface area contributed by atoms with Gasteiger partial charge in [0.05, 0.1) is 0 Å². The predicted molar refractivity (Wildman–Crippen MR) is 84.9 cm³/mol. The second-order valence-corrected chi connectivity index (χ2v) is 5.80. The van der Waals surface area contributed by atoms with Crippen LogP contribution in [0.2, 0.25) is 0 Å². The number of anilines is 1. The summed E-state index contributed by atoms with van der Waals surface area (Å²) in [6.45, 7) is 3.14. The molecule has 0 saturated heterocycles. The molecular formula is C16H19BrN2. The van der Waals surface area contributed by atoms with Crippen molar-refractivity contribution in [1.82, 2.24) is 4.90 Å². The highest BCUT2D eigenvalue weighted by Crippen LogP contribution is 2.22. The van der Waals surface area contributed by atoms with Gasteiger partial charge in [0.2, 0.25) is 0 Å². The van der Waals surface area contributed by atoms with Crippen molar-refractivity contribution in [2.75, 3.05) is 12.8 Å². The molecule has 0 radical (unpaired) electrons. The molecule has 1 atom stereocenters. The number of benzene rings is 2. The van der Waals surface area contributed by atoms with Crippen molar-refractivity contribution < 1.29 is 0 Å². The fourth-order valence-corrected chi connectivity index (χ4v) is 2.31. The fraction of sp³-hybridized carbons (Fsp3) is 0.250. The third kappa shape index (κ3) is 3.82. The smallest absolute Gasteiger partial charge is 0.0320 e. The highest BCUT2D eigenvalue weighted by molar-refractivity contribution is 9.10. The van der Waals surface area contributed by atoms with E-state index in [4.69, 9.17) is 5.73 Å². The first-order valence-electron chi connectivity index (χ1n) is 6.36. The monoisotopic (exact) mass is 318 g/mol. The summed E-state index contributed by atoms with van der Waals surface area (Å²) < 4.78 is 1.12. The fourth-order valence-electron chi connectivity index (χ4n) is 2.04. The van der Waals surface area contributed by atoms with Gasteiger partial charge in [-0.05, 0) is 49.4 Å². The number of nitrogens with two attached hydrogens (primary N) is 1. The molecule has 0 heterocycles. The average Bonchev–Trinajstić information content (AvgIpc) is 2.41. The van der Waals surface area contributed by atoms with Crippen molar-refractivity contribution in [1.29, 1.82) is 0 Å². The predicted octanol–water partition coefficient (Wildman–Crippen LogP) is 4.22. The molecule has 0 aliphatic heterocycles. The van der Waals surface area contributed by atoms with Crippen molar-refractivity contribution in [2.24, 2.45) is 0 Å². The molecule has 2 rings (SSSR count). The van der Waals surface area contributed by atoms with Crippen molar-refractivity contribution in [3.63, 3.8) is 0 Å². The van der Waals surface area contributed by atoms with Crippen LogP contribution in [0.25, 0.3) is 0 Å².